The van der Waals surface area contributed by atoms with Gasteiger partial charge in [-0.15, -0.1) is 0 Å². The number of unbranched alkanes of at least 4 members (excludes halogenated alkanes) is 3. The zero-order valence-electron chi connectivity index (χ0n) is 21.3. The molecule has 0 radical (unpaired) electrons. The molecule has 7 nitrogen and oxygen atoms in total. The van der Waals surface area contributed by atoms with E-state index in [0.717, 1.165) is 75.6 Å². The number of carbonyl (C=O) groups is 1. The number of ether oxygens (including phenoxy) is 1. The second-order valence-corrected chi connectivity index (χ2v) is 9.28. The molecule has 2 N–H and O–H groups in total. The van der Waals surface area contributed by atoms with Crippen LogP contribution in [-0.4, -0.2) is 58.9 Å². The number of aromatic hydroxyl groups is 2. The number of rotatable bonds is 13. The molecule has 0 bridgehead atoms. The van der Waals surface area contributed by atoms with Crippen molar-refractivity contribution >= 4 is 5.91 Å². The van der Waals surface area contributed by atoms with Gasteiger partial charge in [0.1, 0.15) is 0 Å². The first kappa shape index (κ1) is 26.7. The van der Waals surface area contributed by atoms with Gasteiger partial charge in [-0.2, -0.15) is 5.06 Å². The van der Waals surface area contributed by atoms with Crippen molar-refractivity contribution in [2.24, 2.45) is 0 Å². The topological polar surface area (TPSA) is 82.5 Å². The monoisotopic (exact) mass is 484 g/mol. The summed E-state index contributed by atoms with van der Waals surface area (Å²) >= 11 is 0. The van der Waals surface area contributed by atoms with Crippen LogP contribution in [0.1, 0.15) is 63.5 Å². The van der Waals surface area contributed by atoms with Crippen LogP contribution in [0, 0.1) is 0 Å². The minimum Gasteiger partial charge on any atom is -0.504 e. The number of amides is 1. The van der Waals surface area contributed by atoms with Crippen molar-refractivity contribution in [2.45, 2.75) is 71.3 Å². The first-order valence-electron chi connectivity index (χ1n) is 12.8. The number of para-hydroxylation sites is 2. The third-order valence-corrected chi connectivity index (χ3v) is 6.75. The highest BCUT2D eigenvalue weighted by Gasteiger charge is 2.26. The van der Waals surface area contributed by atoms with E-state index < -0.39 is 0 Å². The van der Waals surface area contributed by atoms with Gasteiger partial charge in [0, 0.05) is 18.5 Å². The van der Waals surface area contributed by atoms with Crippen LogP contribution in [0.2, 0.25) is 0 Å². The summed E-state index contributed by atoms with van der Waals surface area (Å²) in [6.07, 6.45) is 7.93. The summed E-state index contributed by atoms with van der Waals surface area (Å²) < 4.78 is 5.32. The van der Waals surface area contributed by atoms with E-state index in [1.807, 2.05) is 24.3 Å². The third-order valence-electron chi connectivity index (χ3n) is 6.75. The number of benzene rings is 2. The van der Waals surface area contributed by atoms with Crippen molar-refractivity contribution in [1.82, 2.24) is 9.96 Å². The van der Waals surface area contributed by atoms with Gasteiger partial charge in [0.15, 0.2) is 23.0 Å². The fourth-order valence-corrected chi connectivity index (χ4v) is 4.88. The van der Waals surface area contributed by atoms with Crippen molar-refractivity contribution in [3.8, 4) is 23.0 Å². The smallest absolute Gasteiger partial charge is 0.252 e. The molecule has 0 fully saturated rings. The molecule has 0 aliphatic heterocycles. The SMILES string of the molecule is CCCN(CCCCCCN(Oc1ccccc1OC)C(C)=O)[C@H]1CCc2c(ccc(O)c2O)C1. The first-order valence-corrected chi connectivity index (χ1v) is 12.8. The molecule has 0 spiro atoms. The number of methoxy groups -OCH3 is 1. The lowest BCUT2D eigenvalue weighted by Gasteiger charge is -2.35. The summed E-state index contributed by atoms with van der Waals surface area (Å²) in [5.74, 6) is 1.05. The number of hydroxylamine groups is 2. The third kappa shape index (κ3) is 7.28. The lowest BCUT2D eigenvalue weighted by Crippen LogP contribution is -2.40. The van der Waals surface area contributed by atoms with E-state index >= 15 is 0 Å². The second-order valence-electron chi connectivity index (χ2n) is 9.28. The molecule has 3 rings (SSSR count). The molecule has 0 saturated heterocycles. The molecule has 35 heavy (non-hydrogen) atoms. The molecule has 0 saturated carbocycles. The Kier molecular flexibility index (Phi) is 10.1. The molecule has 1 atom stereocenters. The van der Waals surface area contributed by atoms with Gasteiger partial charge in [-0.05, 0) is 75.4 Å². The Morgan fingerprint density at radius 3 is 2.40 bits per heavy atom. The molecule has 1 aliphatic carbocycles. The van der Waals surface area contributed by atoms with E-state index in [0.29, 0.717) is 24.1 Å². The van der Waals surface area contributed by atoms with Crippen LogP contribution < -0.4 is 9.57 Å². The predicted octanol–water partition coefficient (Wildman–Crippen LogP) is 5.08. The van der Waals surface area contributed by atoms with E-state index in [1.54, 1.807) is 19.2 Å². The minimum atomic E-state index is -0.123. The molecule has 1 amide bonds. The van der Waals surface area contributed by atoms with Crippen molar-refractivity contribution in [3.63, 3.8) is 0 Å². The van der Waals surface area contributed by atoms with Gasteiger partial charge < -0.3 is 24.7 Å². The second kappa shape index (κ2) is 13.2. The standard InChI is InChI=1S/C28H40N2O5/c1-4-17-29(23-14-15-24-22(20-23)13-16-25(32)28(24)33)18-9-5-6-10-19-30(21(2)31)35-27-12-8-7-11-26(27)34-3/h7-8,11-13,16,23,32-33H,4-6,9-10,14-15,17-20H2,1-3H3/t23-/m0/s1. The Hall–Kier alpha value is -2.93. The van der Waals surface area contributed by atoms with Crippen LogP contribution in [0.25, 0.3) is 0 Å². The zero-order chi connectivity index (χ0) is 25.2. The summed E-state index contributed by atoms with van der Waals surface area (Å²) in [7, 11) is 1.59. The maximum absolute atomic E-state index is 12.1. The van der Waals surface area contributed by atoms with Gasteiger partial charge in [-0.3, -0.25) is 4.79 Å². The van der Waals surface area contributed by atoms with Gasteiger partial charge in [0.25, 0.3) is 5.91 Å². The van der Waals surface area contributed by atoms with Crippen LogP contribution in [0.15, 0.2) is 36.4 Å². The number of phenolic OH excluding ortho intramolecular Hbond substituents is 2. The molecule has 0 unspecified atom stereocenters. The minimum absolute atomic E-state index is 0.0238. The van der Waals surface area contributed by atoms with Gasteiger partial charge in [0.05, 0.1) is 13.7 Å². The van der Waals surface area contributed by atoms with Gasteiger partial charge >= 0.3 is 0 Å². The van der Waals surface area contributed by atoms with Crippen molar-refractivity contribution < 1.29 is 24.6 Å². The van der Waals surface area contributed by atoms with E-state index in [9.17, 15) is 15.0 Å². The number of hydrogen-bond donors (Lipinski definition) is 2. The fraction of sp³-hybridized carbons (Fsp3) is 0.536. The number of hydrogen-bond acceptors (Lipinski definition) is 6. The maximum Gasteiger partial charge on any atom is 0.252 e. The molecule has 0 heterocycles. The molecule has 2 aromatic carbocycles. The van der Waals surface area contributed by atoms with Gasteiger partial charge in [-0.1, -0.05) is 38.0 Å². The zero-order valence-corrected chi connectivity index (χ0v) is 21.3. The Morgan fingerprint density at radius 2 is 1.71 bits per heavy atom. The van der Waals surface area contributed by atoms with E-state index in [4.69, 9.17) is 9.57 Å². The maximum atomic E-state index is 12.1. The lowest BCUT2D eigenvalue weighted by atomic mass is 9.86. The molecule has 192 valence electrons. The fourth-order valence-electron chi connectivity index (χ4n) is 4.88. The number of phenols is 2. The quantitative estimate of drug-likeness (QED) is 0.234. The highest BCUT2D eigenvalue weighted by molar-refractivity contribution is 5.72. The highest BCUT2D eigenvalue weighted by atomic mass is 16.7. The Balaban J connectivity index is 1.43. The molecule has 2 aromatic rings. The molecule has 0 aromatic heterocycles. The van der Waals surface area contributed by atoms with E-state index in [1.165, 1.54) is 12.0 Å². The van der Waals surface area contributed by atoms with Gasteiger partial charge in [-0.25, -0.2) is 0 Å². The van der Waals surface area contributed by atoms with Crippen molar-refractivity contribution in [2.75, 3.05) is 26.7 Å². The van der Waals surface area contributed by atoms with Crippen LogP contribution in [0.4, 0.5) is 0 Å². The van der Waals surface area contributed by atoms with Crippen molar-refractivity contribution in [1.29, 1.82) is 0 Å². The first-order chi connectivity index (χ1) is 16.9. The summed E-state index contributed by atoms with van der Waals surface area (Å²) in [6, 6.07) is 11.4. The summed E-state index contributed by atoms with van der Waals surface area (Å²) in [5.41, 5.74) is 2.06. The number of nitrogens with zero attached hydrogens (tertiary/aromatic N) is 2. The highest BCUT2D eigenvalue weighted by Crippen LogP contribution is 2.36. The van der Waals surface area contributed by atoms with E-state index in [-0.39, 0.29) is 17.4 Å². The normalized spacial score (nSPS) is 15.0. The number of carbonyl (C=O) groups excluding carboxylic acids is 1. The number of fused-ring (bicyclic) bond motifs is 1. The Morgan fingerprint density at radius 1 is 1.00 bits per heavy atom. The van der Waals surface area contributed by atoms with E-state index in [2.05, 4.69) is 11.8 Å². The van der Waals surface area contributed by atoms with Crippen LogP contribution in [-0.2, 0) is 17.6 Å². The largest absolute Gasteiger partial charge is 0.504 e. The summed E-state index contributed by atoms with van der Waals surface area (Å²) in [4.78, 5) is 20.5. The average molecular weight is 485 g/mol. The Labute approximate surface area is 209 Å². The average Bonchev–Trinajstić information content (AvgIpc) is 2.86. The molecular weight excluding hydrogens is 444 g/mol. The van der Waals surface area contributed by atoms with Gasteiger partial charge in [0.2, 0.25) is 0 Å². The summed E-state index contributed by atoms with van der Waals surface area (Å²) in [5, 5.41) is 21.4. The molecule has 7 heteroatoms. The van der Waals surface area contributed by atoms with Crippen LogP contribution >= 0.6 is 0 Å². The van der Waals surface area contributed by atoms with Crippen molar-refractivity contribution in [3.05, 3.63) is 47.5 Å². The molecule has 1 aliphatic rings. The predicted molar refractivity (Wildman–Crippen MR) is 137 cm³/mol. The van der Waals surface area contributed by atoms with Crippen LogP contribution in [0.5, 0.6) is 23.0 Å². The Bertz CT molecular complexity index is 964. The van der Waals surface area contributed by atoms with Crippen LogP contribution in [0.3, 0.4) is 0 Å². The summed E-state index contributed by atoms with van der Waals surface area (Å²) in [6.45, 7) is 6.38. The lowest BCUT2D eigenvalue weighted by molar-refractivity contribution is -0.155. The molecular formula is C28H40N2O5.